The standard InChI is InChI=1S/C18H17ClN4O2S/c1-3-11-9(2)21-17(14-6-7-15(19)26-14)23-16(11)22-13-5-4-10(18(24)25)8-12(13)20/h4-8H,3,20H2,1-2H3,(H,24,25)(H,21,22,23). The van der Waals surface area contributed by atoms with Crippen LogP contribution in [0.3, 0.4) is 0 Å². The average Bonchev–Trinajstić information content (AvgIpc) is 3.02. The Kier molecular flexibility index (Phi) is 5.11. The van der Waals surface area contributed by atoms with E-state index in [1.54, 1.807) is 6.07 Å². The van der Waals surface area contributed by atoms with Gasteiger partial charge in [-0.25, -0.2) is 14.8 Å². The summed E-state index contributed by atoms with van der Waals surface area (Å²) in [5.41, 5.74) is 8.91. The fourth-order valence-electron chi connectivity index (χ4n) is 2.60. The van der Waals surface area contributed by atoms with Crippen molar-refractivity contribution in [2.75, 3.05) is 11.1 Å². The molecule has 0 spiro atoms. The third kappa shape index (κ3) is 3.63. The normalized spacial score (nSPS) is 10.7. The van der Waals surface area contributed by atoms with Crippen LogP contribution in [0.5, 0.6) is 0 Å². The van der Waals surface area contributed by atoms with Crippen LogP contribution in [0, 0.1) is 6.92 Å². The second-order valence-corrected chi connectivity index (χ2v) is 7.36. The number of aromatic nitrogens is 2. The van der Waals surface area contributed by atoms with Gasteiger partial charge in [-0.15, -0.1) is 11.3 Å². The highest BCUT2D eigenvalue weighted by molar-refractivity contribution is 7.19. The van der Waals surface area contributed by atoms with Crippen molar-refractivity contribution in [1.29, 1.82) is 0 Å². The van der Waals surface area contributed by atoms with Crippen LogP contribution in [0.4, 0.5) is 17.2 Å². The Morgan fingerprint density at radius 1 is 1.31 bits per heavy atom. The lowest BCUT2D eigenvalue weighted by Crippen LogP contribution is -2.07. The van der Waals surface area contributed by atoms with Gasteiger partial charge in [0.2, 0.25) is 0 Å². The molecule has 8 heteroatoms. The van der Waals surface area contributed by atoms with Crippen LogP contribution < -0.4 is 11.1 Å². The third-order valence-corrected chi connectivity index (χ3v) is 5.14. The van der Waals surface area contributed by atoms with E-state index in [1.165, 1.54) is 23.5 Å². The minimum atomic E-state index is -1.02. The lowest BCUT2D eigenvalue weighted by Gasteiger charge is -2.15. The molecule has 0 aliphatic carbocycles. The number of aryl methyl sites for hydroxylation is 1. The number of rotatable bonds is 5. The summed E-state index contributed by atoms with van der Waals surface area (Å²) in [5, 5.41) is 12.3. The van der Waals surface area contributed by atoms with E-state index in [1.807, 2.05) is 26.0 Å². The Balaban J connectivity index is 2.03. The third-order valence-electron chi connectivity index (χ3n) is 3.91. The minimum absolute atomic E-state index is 0.136. The number of aromatic carboxylic acids is 1. The van der Waals surface area contributed by atoms with Crippen LogP contribution in [-0.4, -0.2) is 21.0 Å². The number of nitrogen functional groups attached to an aromatic ring is 1. The summed E-state index contributed by atoms with van der Waals surface area (Å²) in [6.07, 6.45) is 0.743. The molecule has 0 saturated heterocycles. The first-order chi connectivity index (χ1) is 12.4. The SMILES string of the molecule is CCc1c(C)nc(-c2ccc(Cl)s2)nc1Nc1ccc(C(=O)O)cc1N. The molecule has 0 saturated carbocycles. The highest BCUT2D eigenvalue weighted by Crippen LogP contribution is 2.32. The number of benzene rings is 1. The number of anilines is 3. The molecule has 0 aliphatic rings. The van der Waals surface area contributed by atoms with Crippen molar-refractivity contribution in [2.45, 2.75) is 20.3 Å². The van der Waals surface area contributed by atoms with Gasteiger partial charge in [-0.05, 0) is 43.7 Å². The molecule has 6 nitrogen and oxygen atoms in total. The molecule has 0 amide bonds. The fourth-order valence-corrected chi connectivity index (χ4v) is 3.58. The van der Waals surface area contributed by atoms with Gasteiger partial charge in [0.25, 0.3) is 0 Å². The minimum Gasteiger partial charge on any atom is -0.478 e. The highest BCUT2D eigenvalue weighted by atomic mass is 35.5. The van der Waals surface area contributed by atoms with Crippen molar-refractivity contribution >= 4 is 46.1 Å². The molecule has 0 aliphatic heterocycles. The number of halogens is 1. The van der Waals surface area contributed by atoms with Gasteiger partial charge in [-0.1, -0.05) is 18.5 Å². The van der Waals surface area contributed by atoms with Crippen LogP contribution in [0.1, 0.15) is 28.5 Å². The van der Waals surface area contributed by atoms with Gasteiger partial charge in [0.05, 0.1) is 26.2 Å². The van der Waals surface area contributed by atoms with E-state index in [4.69, 9.17) is 22.4 Å². The quantitative estimate of drug-likeness (QED) is 0.545. The molecule has 1 aromatic carbocycles. The second-order valence-electron chi connectivity index (χ2n) is 5.65. The molecule has 3 rings (SSSR count). The molecule has 2 heterocycles. The van der Waals surface area contributed by atoms with Crippen molar-refractivity contribution in [2.24, 2.45) is 0 Å². The van der Waals surface area contributed by atoms with Gasteiger partial charge in [0.15, 0.2) is 5.82 Å². The van der Waals surface area contributed by atoms with E-state index in [9.17, 15) is 4.79 Å². The summed E-state index contributed by atoms with van der Waals surface area (Å²) in [4.78, 5) is 21.2. The van der Waals surface area contributed by atoms with Gasteiger partial charge in [0, 0.05) is 11.3 Å². The fraction of sp³-hybridized carbons (Fsp3) is 0.167. The van der Waals surface area contributed by atoms with E-state index in [0.717, 1.165) is 22.6 Å². The first-order valence-electron chi connectivity index (χ1n) is 7.92. The van der Waals surface area contributed by atoms with Crippen molar-refractivity contribution in [3.05, 3.63) is 51.5 Å². The number of nitrogens with one attached hydrogen (secondary N) is 1. The monoisotopic (exact) mass is 388 g/mol. The number of nitrogens with zero attached hydrogens (tertiary/aromatic N) is 2. The molecule has 134 valence electrons. The van der Waals surface area contributed by atoms with Crippen molar-refractivity contribution in [3.63, 3.8) is 0 Å². The molecule has 2 aromatic heterocycles. The van der Waals surface area contributed by atoms with E-state index in [0.29, 0.717) is 27.4 Å². The predicted molar refractivity (Wildman–Crippen MR) is 106 cm³/mol. The Morgan fingerprint density at radius 3 is 2.65 bits per heavy atom. The largest absolute Gasteiger partial charge is 0.478 e. The lowest BCUT2D eigenvalue weighted by atomic mass is 10.1. The number of carbonyl (C=O) groups is 1. The van der Waals surface area contributed by atoms with E-state index < -0.39 is 5.97 Å². The number of hydrogen-bond acceptors (Lipinski definition) is 6. The average molecular weight is 389 g/mol. The summed E-state index contributed by atoms with van der Waals surface area (Å²) >= 11 is 7.43. The van der Waals surface area contributed by atoms with Crippen molar-refractivity contribution in [3.8, 4) is 10.7 Å². The molecular formula is C18H17ClN4O2S. The highest BCUT2D eigenvalue weighted by Gasteiger charge is 2.15. The van der Waals surface area contributed by atoms with E-state index >= 15 is 0 Å². The van der Waals surface area contributed by atoms with Crippen molar-refractivity contribution < 1.29 is 9.90 Å². The van der Waals surface area contributed by atoms with Crippen LogP contribution in [0.25, 0.3) is 10.7 Å². The molecule has 4 N–H and O–H groups in total. The van der Waals surface area contributed by atoms with Gasteiger partial charge in [-0.3, -0.25) is 0 Å². The van der Waals surface area contributed by atoms with Crippen molar-refractivity contribution in [1.82, 2.24) is 9.97 Å². The molecular weight excluding hydrogens is 372 g/mol. The zero-order chi connectivity index (χ0) is 18.8. The number of carboxylic acids is 1. The Labute approximate surface area is 159 Å². The maximum atomic E-state index is 11.1. The lowest BCUT2D eigenvalue weighted by molar-refractivity contribution is 0.0697. The van der Waals surface area contributed by atoms with Crippen LogP contribution in [0.2, 0.25) is 4.34 Å². The van der Waals surface area contributed by atoms with Crippen LogP contribution in [0.15, 0.2) is 30.3 Å². The Bertz CT molecular complexity index is 987. The zero-order valence-corrected chi connectivity index (χ0v) is 15.8. The molecule has 0 fully saturated rings. The first kappa shape index (κ1) is 18.2. The first-order valence-corrected chi connectivity index (χ1v) is 9.11. The summed E-state index contributed by atoms with van der Waals surface area (Å²) in [5.74, 6) is 0.210. The molecule has 0 unspecified atom stereocenters. The Hall–Kier alpha value is -2.64. The number of nitrogens with two attached hydrogens (primary N) is 1. The Morgan fingerprint density at radius 2 is 2.08 bits per heavy atom. The van der Waals surface area contributed by atoms with E-state index in [-0.39, 0.29) is 5.56 Å². The second kappa shape index (κ2) is 7.31. The van der Waals surface area contributed by atoms with Gasteiger partial charge < -0.3 is 16.2 Å². The summed E-state index contributed by atoms with van der Waals surface area (Å²) in [6.45, 7) is 3.96. The maximum Gasteiger partial charge on any atom is 0.335 e. The number of carboxylic acid groups (broad SMARTS) is 1. The number of thiophene rings is 1. The molecule has 0 radical (unpaired) electrons. The smallest absolute Gasteiger partial charge is 0.335 e. The van der Waals surface area contributed by atoms with Gasteiger partial charge in [0.1, 0.15) is 5.82 Å². The topological polar surface area (TPSA) is 101 Å². The molecule has 26 heavy (non-hydrogen) atoms. The maximum absolute atomic E-state index is 11.1. The zero-order valence-electron chi connectivity index (χ0n) is 14.2. The molecule has 3 aromatic rings. The van der Waals surface area contributed by atoms with Gasteiger partial charge >= 0.3 is 5.97 Å². The van der Waals surface area contributed by atoms with Crippen LogP contribution >= 0.6 is 22.9 Å². The summed E-state index contributed by atoms with van der Waals surface area (Å²) in [7, 11) is 0. The summed E-state index contributed by atoms with van der Waals surface area (Å²) in [6, 6.07) is 8.25. The summed E-state index contributed by atoms with van der Waals surface area (Å²) < 4.78 is 0.670. The predicted octanol–water partition coefficient (Wildman–Crippen LogP) is 4.75. The van der Waals surface area contributed by atoms with Crippen LogP contribution in [-0.2, 0) is 6.42 Å². The molecule has 0 bridgehead atoms. The van der Waals surface area contributed by atoms with Gasteiger partial charge in [-0.2, -0.15) is 0 Å². The van der Waals surface area contributed by atoms with E-state index in [2.05, 4.69) is 15.3 Å². The number of hydrogen-bond donors (Lipinski definition) is 3. The molecule has 0 atom stereocenters.